The van der Waals surface area contributed by atoms with Crippen molar-refractivity contribution in [3.63, 3.8) is 0 Å². The molecule has 1 saturated carbocycles. The lowest BCUT2D eigenvalue weighted by molar-refractivity contribution is -0.0529. The number of alkyl halides is 2. The molecule has 2 aliphatic rings. The van der Waals surface area contributed by atoms with Crippen LogP contribution in [0.3, 0.4) is 0 Å². The Morgan fingerprint density at radius 2 is 2.00 bits per heavy atom. The molecular weight excluding hydrogens is 427 g/mol. The molecule has 1 fully saturated rings. The first-order valence-electron chi connectivity index (χ1n) is 9.06. The van der Waals surface area contributed by atoms with E-state index in [1.54, 1.807) is 0 Å². The summed E-state index contributed by atoms with van der Waals surface area (Å²) in [4.78, 5) is 16.7. The van der Waals surface area contributed by atoms with Crippen LogP contribution in [0, 0.1) is 5.92 Å². The Kier molecular flexibility index (Phi) is 5.65. The molecule has 6 nitrogen and oxygen atoms in total. The van der Waals surface area contributed by atoms with Crippen molar-refractivity contribution in [2.45, 2.75) is 32.0 Å². The van der Waals surface area contributed by atoms with E-state index in [0.717, 1.165) is 19.3 Å². The molecule has 4 rings (SSSR count). The van der Waals surface area contributed by atoms with E-state index in [-0.39, 0.29) is 44.6 Å². The number of hydrogen-bond acceptors (Lipinski definition) is 5. The first-order chi connectivity index (χ1) is 13.9. The van der Waals surface area contributed by atoms with Crippen molar-refractivity contribution >= 4 is 40.5 Å². The molecule has 1 aliphatic carbocycles. The van der Waals surface area contributed by atoms with Crippen LogP contribution in [0.2, 0.25) is 10.0 Å². The van der Waals surface area contributed by atoms with Crippen molar-refractivity contribution in [1.29, 1.82) is 0 Å². The standard InChI is InChI=1S/C19H17Cl2F2N3O3/c20-11-6-24-7-12(21)16(11)26-18(27)10-4-5-13(29-19(22)23)17-15(10)25-8-14(28-17)9-2-1-3-9/h4-7,9,14,19,25H,1-3,8H2,(H,24,26,27)/t14-/m0/s1. The van der Waals surface area contributed by atoms with Crippen LogP contribution in [0.5, 0.6) is 11.5 Å². The summed E-state index contributed by atoms with van der Waals surface area (Å²) in [5.41, 5.74) is 0.689. The zero-order valence-corrected chi connectivity index (χ0v) is 16.6. The minimum absolute atomic E-state index is 0.105. The maximum Gasteiger partial charge on any atom is 0.387 e. The lowest BCUT2D eigenvalue weighted by atomic mass is 9.80. The lowest BCUT2D eigenvalue weighted by Crippen LogP contribution is -2.41. The highest BCUT2D eigenvalue weighted by molar-refractivity contribution is 6.39. The molecule has 1 atom stereocenters. The maximum atomic E-state index is 12.9. The van der Waals surface area contributed by atoms with E-state index in [4.69, 9.17) is 27.9 Å². The fraction of sp³-hybridized carbons (Fsp3) is 0.368. The number of hydrogen-bond donors (Lipinski definition) is 2. The molecule has 1 amide bonds. The Morgan fingerprint density at radius 1 is 1.28 bits per heavy atom. The summed E-state index contributed by atoms with van der Waals surface area (Å²) in [5, 5.41) is 6.13. The summed E-state index contributed by atoms with van der Waals surface area (Å²) >= 11 is 12.1. The second kappa shape index (κ2) is 8.20. The average molecular weight is 444 g/mol. The normalized spacial score (nSPS) is 18.3. The second-order valence-electron chi connectivity index (χ2n) is 6.85. The highest BCUT2D eigenvalue weighted by Crippen LogP contribution is 2.45. The largest absolute Gasteiger partial charge is 0.482 e. The van der Waals surface area contributed by atoms with E-state index in [1.165, 1.54) is 24.5 Å². The van der Waals surface area contributed by atoms with E-state index < -0.39 is 12.5 Å². The van der Waals surface area contributed by atoms with E-state index >= 15 is 0 Å². The summed E-state index contributed by atoms with van der Waals surface area (Å²) < 4.78 is 36.3. The third-order valence-electron chi connectivity index (χ3n) is 5.10. The van der Waals surface area contributed by atoms with Gasteiger partial charge in [0.2, 0.25) is 0 Å². The average Bonchev–Trinajstić information content (AvgIpc) is 2.63. The van der Waals surface area contributed by atoms with E-state index in [1.807, 2.05) is 0 Å². The van der Waals surface area contributed by atoms with Gasteiger partial charge in [-0.1, -0.05) is 29.6 Å². The molecule has 10 heteroatoms. The van der Waals surface area contributed by atoms with Gasteiger partial charge in [0.05, 0.1) is 33.5 Å². The molecule has 1 aromatic heterocycles. The van der Waals surface area contributed by atoms with Crippen molar-refractivity contribution in [3.8, 4) is 11.5 Å². The monoisotopic (exact) mass is 443 g/mol. The molecule has 0 saturated heterocycles. The summed E-state index contributed by atoms with van der Waals surface area (Å²) in [6.45, 7) is -2.55. The van der Waals surface area contributed by atoms with Crippen molar-refractivity contribution in [1.82, 2.24) is 4.98 Å². The predicted octanol–water partition coefficient (Wildman–Crippen LogP) is 5.22. The fourth-order valence-electron chi connectivity index (χ4n) is 3.42. The quantitative estimate of drug-likeness (QED) is 0.662. The topological polar surface area (TPSA) is 72.5 Å². The van der Waals surface area contributed by atoms with Crippen LogP contribution >= 0.6 is 23.2 Å². The van der Waals surface area contributed by atoms with Crippen LogP contribution in [-0.2, 0) is 0 Å². The van der Waals surface area contributed by atoms with Crippen LogP contribution in [0.4, 0.5) is 20.2 Å². The number of nitrogens with one attached hydrogen (secondary N) is 2. The SMILES string of the molecule is O=C(Nc1c(Cl)cncc1Cl)c1ccc(OC(F)F)c2c1NC[C@@H](C1CCC1)O2. The number of ether oxygens (including phenoxy) is 2. The number of anilines is 2. The minimum Gasteiger partial charge on any atom is -0.482 e. The number of fused-ring (bicyclic) bond motifs is 1. The minimum atomic E-state index is -3.01. The van der Waals surface area contributed by atoms with Gasteiger partial charge in [0, 0.05) is 12.4 Å². The van der Waals surface area contributed by atoms with Gasteiger partial charge in [0.1, 0.15) is 6.10 Å². The molecule has 2 N–H and O–H groups in total. The number of amides is 1. The van der Waals surface area contributed by atoms with Gasteiger partial charge >= 0.3 is 6.61 Å². The van der Waals surface area contributed by atoms with Crippen molar-refractivity contribution < 1.29 is 23.0 Å². The molecule has 2 heterocycles. The summed E-state index contributed by atoms with van der Waals surface area (Å²) in [5.74, 6) is -0.198. The van der Waals surface area contributed by atoms with E-state index in [9.17, 15) is 13.6 Å². The summed E-state index contributed by atoms with van der Waals surface area (Å²) in [6, 6.07) is 2.68. The zero-order chi connectivity index (χ0) is 20.5. The van der Waals surface area contributed by atoms with Gasteiger partial charge in [-0.3, -0.25) is 9.78 Å². The van der Waals surface area contributed by atoms with Gasteiger partial charge in [0.15, 0.2) is 11.5 Å². The Hall–Kier alpha value is -2.32. The molecule has 2 aromatic rings. The third-order valence-corrected chi connectivity index (χ3v) is 5.67. The Bertz CT molecular complexity index is 921. The highest BCUT2D eigenvalue weighted by atomic mass is 35.5. The number of rotatable bonds is 5. The summed E-state index contributed by atoms with van der Waals surface area (Å²) in [6.07, 6.45) is 5.69. The van der Waals surface area contributed by atoms with Crippen molar-refractivity contribution in [2.24, 2.45) is 5.92 Å². The maximum absolute atomic E-state index is 12.9. The van der Waals surface area contributed by atoms with Gasteiger partial charge in [-0.25, -0.2) is 0 Å². The Balaban J connectivity index is 1.66. The number of nitrogens with zero attached hydrogens (tertiary/aromatic N) is 1. The first-order valence-corrected chi connectivity index (χ1v) is 9.82. The van der Waals surface area contributed by atoms with Gasteiger partial charge in [-0.05, 0) is 30.9 Å². The van der Waals surface area contributed by atoms with E-state index in [2.05, 4.69) is 20.4 Å². The summed E-state index contributed by atoms with van der Waals surface area (Å²) in [7, 11) is 0. The molecule has 0 unspecified atom stereocenters. The number of pyridine rings is 1. The van der Waals surface area contributed by atoms with Crippen LogP contribution < -0.4 is 20.1 Å². The van der Waals surface area contributed by atoms with E-state index in [0.29, 0.717) is 12.5 Å². The number of carbonyl (C=O) groups is 1. The fourth-order valence-corrected chi connectivity index (χ4v) is 3.88. The molecule has 0 spiro atoms. The van der Waals surface area contributed by atoms with Gasteiger partial charge in [-0.15, -0.1) is 0 Å². The molecule has 154 valence electrons. The number of halogens is 4. The predicted molar refractivity (Wildman–Crippen MR) is 106 cm³/mol. The molecule has 0 bridgehead atoms. The van der Waals surface area contributed by atoms with Gasteiger partial charge in [0.25, 0.3) is 5.91 Å². The van der Waals surface area contributed by atoms with Gasteiger partial charge < -0.3 is 20.1 Å². The number of benzene rings is 1. The third kappa shape index (κ3) is 4.04. The van der Waals surface area contributed by atoms with Crippen LogP contribution in [0.1, 0.15) is 29.6 Å². The second-order valence-corrected chi connectivity index (χ2v) is 7.67. The smallest absolute Gasteiger partial charge is 0.387 e. The molecule has 1 aromatic carbocycles. The van der Waals surface area contributed by atoms with Crippen molar-refractivity contribution in [2.75, 3.05) is 17.2 Å². The number of carbonyl (C=O) groups excluding carboxylic acids is 1. The lowest BCUT2D eigenvalue weighted by Gasteiger charge is -2.38. The molecular formula is C19H17Cl2F2N3O3. The first kappa shape index (κ1) is 20.0. The highest BCUT2D eigenvalue weighted by Gasteiger charge is 2.35. The van der Waals surface area contributed by atoms with Gasteiger partial charge in [-0.2, -0.15) is 8.78 Å². The van der Waals surface area contributed by atoms with Crippen molar-refractivity contribution in [3.05, 3.63) is 40.1 Å². The van der Waals surface area contributed by atoms with Crippen LogP contribution in [0.15, 0.2) is 24.5 Å². The van der Waals surface area contributed by atoms with Crippen LogP contribution in [0.25, 0.3) is 0 Å². The zero-order valence-electron chi connectivity index (χ0n) is 15.1. The Morgan fingerprint density at radius 3 is 2.62 bits per heavy atom. The Labute approximate surface area is 175 Å². The van der Waals surface area contributed by atoms with Crippen LogP contribution in [-0.4, -0.2) is 30.2 Å². The molecule has 0 radical (unpaired) electrons. The number of aromatic nitrogens is 1. The molecule has 29 heavy (non-hydrogen) atoms. The molecule has 1 aliphatic heterocycles.